The van der Waals surface area contributed by atoms with Crippen LogP contribution in [0.2, 0.25) is 0 Å². The molecule has 0 aromatic rings. The summed E-state index contributed by atoms with van der Waals surface area (Å²) >= 11 is 0. The van der Waals surface area contributed by atoms with Gasteiger partial charge in [0.1, 0.15) is 0 Å². The van der Waals surface area contributed by atoms with Crippen molar-refractivity contribution in [1.82, 2.24) is 4.31 Å². The van der Waals surface area contributed by atoms with E-state index in [1.165, 1.54) is 12.8 Å². The third-order valence-electron chi connectivity index (χ3n) is 4.63. The van der Waals surface area contributed by atoms with Gasteiger partial charge in [0.15, 0.2) is 0 Å². The van der Waals surface area contributed by atoms with E-state index in [2.05, 4.69) is 0 Å². The lowest BCUT2D eigenvalue weighted by atomic mass is 9.95. The predicted octanol–water partition coefficient (Wildman–Crippen LogP) is 2.24. The Hall–Kier alpha value is -0.130. The molecule has 0 atom stereocenters. The van der Waals surface area contributed by atoms with Gasteiger partial charge in [0.2, 0.25) is 10.0 Å². The Labute approximate surface area is 117 Å². The van der Waals surface area contributed by atoms with E-state index in [1.54, 1.807) is 4.31 Å². The minimum absolute atomic E-state index is 0.144. The van der Waals surface area contributed by atoms with Crippen LogP contribution in [0.4, 0.5) is 0 Å². The van der Waals surface area contributed by atoms with Gasteiger partial charge < -0.3 is 5.73 Å². The van der Waals surface area contributed by atoms with Gasteiger partial charge in [-0.3, -0.25) is 0 Å². The molecule has 0 spiro atoms. The van der Waals surface area contributed by atoms with Crippen molar-refractivity contribution < 1.29 is 8.42 Å². The molecular formula is C14H28N2O2S. The van der Waals surface area contributed by atoms with Gasteiger partial charge in [-0.2, -0.15) is 4.31 Å². The van der Waals surface area contributed by atoms with Gasteiger partial charge in [-0.25, -0.2) is 8.42 Å². The first-order valence-electron chi connectivity index (χ1n) is 7.87. The summed E-state index contributed by atoms with van der Waals surface area (Å²) in [5.41, 5.74) is 5.66. The van der Waals surface area contributed by atoms with Crippen molar-refractivity contribution in [3.05, 3.63) is 0 Å². The van der Waals surface area contributed by atoms with Crippen molar-refractivity contribution in [2.75, 3.05) is 13.1 Å². The van der Waals surface area contributed by atoms with Crippen molar-refractivity contribution >= 4 is 10.0 Å². The number of nitrogens with two attached hydrogens (primary N) is 1. The van der Waals surface area contributed by atoms with Crippen molar-refractivity contribution in [1.29, 1.82) is 0 Å². The van der Waals surface area contributed by atoms with Crippen LogP contribution in [0.3, 0.4) is 0 Å². The maximum atomic E-state index is 12.8. The summed E-state index contributed by atoms with van der Waals surface area (Å²) in [4.78, 5) is 0. The first-order valence-corrected chi connectivity index (χ1v) is 9.37. The monoisotopic (exact) mass is 288 g/mol. The average molecular weight is 288 g/mol. The molecule has 0 aliphatic heterocycles. The summed E-state index contributed by atoms with van der Waals surface area (Å²) in [6.07, 6.45) is 10.6. The van der Waals surface area contributed by atoms with E-state index >= 15 is 0 Å². The summed E-state index contributed by atoms with van der Waals surface area (Å²) < 4.78 is 27.5. The molecule has 0 heterocycles. The topological polar surface area (TPSA) is 63.4 Å². The smallest absolute Gasteiger partial charge is 0.217 e. The van der Waals surface area contributed by atoms with Crippen LogP contribution in [0.1, 0.15) is 64.2 Å². The molecule has 0 amide bonds. The Kier molecular flexibility index (Phi) is 5.66. The van der Waals surface area contributed by atoms with Crippen LogP contribution >= 0.6 is 0 Å². The average Bonchev–Trinajstić information content (AvgIpc) is 2.46. The minimum atomic E-state index is -3.13. The summed E-state index contributed by atoms with van der Waals surface area (Å²) in [5.74, 6) is 0. The highest BCUT2D eigenvalue weighted by Gasteiger charge is 2.36. The molecule has 2 aliphatic rings. The molecule has 4 nitrogen and oxygen atoms in total. The molecule has 19 heavy (non-hydrogen) atoms. The van der Waals surface area contributed by atoms with Crippen LogP contribution in [0.25, 0.3) is 0 Å². The highest BCUT2D eigenvalue weighted by Crippen LogP contribution is 2.30. The number of hydrogen-bond acceptors (Lipinski definition) is 3. The number of sulfonamides is 1. The lowest BCUT2D eigenvalue weighted by Gasteiger charge is -2.36. The zero-order valence-corrected chi connectivity index (χ0v) is 12.7. The molecule has 0 bridgehead atoms. The molecule has 2 fully saturated rings. The second-order valence-electron chi connectivity index (χ2n) is 6.00. The molecule has 2 saturated carbocycles. The van der Waals surface area contributed by atoms with Gasteiger partial charge in [-0.15, -0.1) is 0 Å². The minimum Gasteiger partial charge on any atom is -0.329 e. The summed E-state index contributed by atoms with van der Waals surface area (Å²) in [6.45, 7) is 0.936. The second kappa shape index (κ2) is 7.04. The van der Waals surface area contributed by atoms with Gasteiger partial charge in [0.25, 0.3) is 0 Å². The molecule has 0 unspecified atom stereocenters. The van der Waals surface area contributed by atoms with Gasteiger partial charge in [0.05, 0.1) is 5.25 Å². The van der Waals surface area contributed by atoms with Crippen LogP contribution in [0.15, 0.2) is 0 Å². The molecule has 0 aromatic heterocycles. The molecule has 2 aliphatic carbocycles. The van der Waals surface area contributed by atoms with Crippen LogP contribution < -0.4 is 5.73 Å². The second-order valence-corrected chi connectivity index (χ2v) is 8.16. The van der Waals surface area contributed by atoms with E-state index < -0.39 is 10.0 Å². The highest BCUT2D eigenvalue weighted by molar-refractivity contribution is 7.89. The molecule has 2 rings (SSSR count). The molecule has 2 N–H and O–H groups in total. The van der Waals surface area contributed by atoms with E-state index in [9.17, 15) is 8.42 Å². The highest BCUT2D eigenvalue weighted by atomic mass is 32.2. The van der Waals surface area contributed by atoms with Crippen LogP contribution in [-0.2, 0) is 10.0 Å². The van der Waals surface area contributed by atoms with Crippen LogP contribution in [0.5, 0.6) is 0 Å². The van der Waals surface area contributed by atoms with Crippen molar-refractivity contribution in [3.63, 3.8) is 0 Å². The van der Waals surface area contributed by atoms with Gasteiger partial charge in [0, 0.05) is 19.1 Å². The lowest BCUT2D eigenvalue weighted by Crippen LogP contribution is -2.48. The molecule has 0 radical (unpaired) electrons. The molecule has 5 heteroatoms. The largest absolute Gasteiger partial charge is 0.329 e. The number of nitrogens with zero attached hydrogens (tertiary/aromatic N) is 1. The van der Waals surface area contributed by atoms with E-state index in [1.807, 2.05) is 0 Å². The van der Waals surface area contributed by atoms with Gasteiger partial charge in [-0.05, 0) is 25.7 Å². The van der Waals surface area contributed by atoms with Gasteiger partial charge in [-0.1, -0.05) is 38.5 Å². The van der Waals surface area contributed by atoms with E-state index in [0.717, 1.165) is 51.4 Å². The summed E-state index contributed by atoms with van der Waals surface area (Å²) in [6, 6.07) is 0.212. The number of rotatable bonds is 5. The Morgan fingerprint density at radius 1 is 0.895 bits per heavy atom. The number of hydrogen-bond donors (Lipinski definition) is 1. The van der Waals surface area contributed by atoms with Gasteiger partial charge >= 0.3 is 0 Å². The van der Waals surface area contributed by atoms with Crippen molar-refractivity contribution in [2.24, 2.45) is 5.73 Å². The lowest BCUT2D eigenvalue weighted by molar-refractivity contribution is 0.252. The maximum absolute atomic E-state index is 12.8. The van der Waals surface area contributed by atoms with Crippen LogP contribution in [-0.4, -0.2) is 37.1 Å². The van der Waals surface area contributed by atoms with Crippen molar-refractivity contribution in [3.8, 4) is 0 Å². The Balaban J connectivity index is 2.11. The zero-order chi connectivity index (χ0) is 13.7. The van der Waals surface area contributed by atoms with E-state index in [4.69, 9.17) is 5.73 Å². The van der Waals surface area contributed by atoms with Crippen molar-refractivity contribution in [2.45, 2.75) is 75.5 Å². The normalized spacial score (nSPS) is 23.9. The Bertz CT molecular complexity index is 358. The molecule has 0 saturated heterocycles. The quantitative estimate of drug-likeness (QED) is 0.844. The summed E-state index contributed by atoms with van der Waals surface area (Å²) in [7, 11) is -3.13. The van der Waals surface area contributed by atoms with Crippen LogP contribution in [0, 0.1) is 0 Å². The first kappa shape index (κ1) is 15.3. The zero-order valence-electron chi connectivity index (χ0n) is 11.9. The summed E-state index contributed by atoms with van der Waals surface area (Å²) in [5, 5.41) is -0.144. The fourth-order valence-corrected chi connectivity index (χ4v) is 5.87. The molecule has 112 valence electrons. The standard InChI is InChI=1S/C14H28N2O2S/c15-11-12-16(13-7-3-1-4-8-13)19(17,18)14-9-5-2-6-10-14/h13-14H,1-12,15H2. The predicted molar refractivity (Wildman–Crippen MR) is 78.4 cm³/mol. The fourth-order valence-electron chi connectivity index (χ4n) is 3.57. The maximum Gasteiger partial charge on any atom is 0.217 e. The molecule has 0 aromatic carbocycles. The first-order chi connectivity index (χ1) is 9.16. The van der Waals surface area contributed by atoms with E-state index in [-0.39, 0.29) is 11.3 Å². The Morgan fingerprint density at radius 3 is 1.95 bits per heavy atom. The Morgan fingerprint density at radius 2 is 1.42 bits per heavy atom. The SMILES string of the molecule is NCCN(C1CCCCC1)S(=O)(=O)C1CCCCC1. The third-order valence-corrected chi connectivity index (χ3v) is 7.08. The molecular weight excluding hydrogens is 260 g/mol. The fraction of sp³-hybridized carbons (Fsp3) is 1.00. The van der Waals surface area contributed by atoms with E-state index in [0.29, 0.717) is 13.1 Å². The third kappa shape index (κ3) is 3.70.